The molecule has 1 aromatic carbocycles. The van der Waals surface area contributed by atoms with Gasteiger partial charge in [-0.25, -0.2) is 0 Å². The molecule has 1 aromatic rings. The molecule has 0 fully saturated rings. The molecule has 74 valence electrons. The van der Waals surface area contributed by atoms with Crippen molar-refractivity contribution in [1.82, 2.24) is 0 Å². The Morgan fingerprint density at radius 2 is 1.62 bits per heavy atom. The zero-order chi connectivity index (χ0) is 9.14. The molecule has 0 aliphatic carbocycles. The maximum Gasteiger partial charge on any atom is 0.0318 e. The van der Waals surface area contributed by atoms with Crippen LogP contribution in [0.25, 0.3) is 0 Å². The van der Waals surface area contributed by atoms with Crippen LogP contribution in [-0.2, 0) is 0 Å². The van der Waals surface area contributed by atoms with Gasteiger partial charge in [-0.05, 0) is 23.6 Å². The number of hydrogen-bond donors (Lipinski definition) is 1. The molecular formula is C10H15BrClN. The van der Waals surface area contributed by atoms with Crippen LogP contribution in [0, 0.1) is 5.92 Å². The van der Waals surface area contributed by atoms with E-state index >= 15 is 0 Å². The molecule has 0 amide bonds. The first kappa shape index (κ1) is 12.9. The van der Waals surface area contributed by atoms with Crippen LogP contribution in [0.2, 0.25) is 0 Å². The van der Waals surface area contributed by atoms with Crippen LogP contribution in [0.1, 0.15) is 25.5 Å². The Kier molecular flexibility index (Phi) is 5.61. The highest BCUT2D eigenvalue weighted by molar-refractivity contribution is 9.10. The van der Waals surface area contributed by atoms with E-state index in [-0.39, 0.29) is 18.4 Å². The van der Waals surface area contributed by atoms with E-state index in [1.54, 1.807) is 0 Å². The van der Waals surface area contributed by atoms with Crippen LogP contribution in [0.4, 0.5) is 0 Å². The minimum atomic E-state index is 0. The first-order chi connectivity index (χ1) is 5.61. The van der Waals surface area contributed by atoms with Crippen molar-refractivity contribution in [1.29, 1.82) is 0 Å². The second-order valence-corrected chi connectivity index (χ2v) is 4.24. The molecule has 1 nitrogen and oxygen atoms in total. The average molecular weight is 265 g/mol. The Morgan fingerprint density at radius 3 is 2.00 bits per heavy atom. The van der Waals surface area contributed by atoms with Gasteiger partial charge in [0.25, 0.3) is 0 Å². The molecule has 0 spiro atoms. The van der Waals surface area contributed by atoms with Gasteiger partial charge in [0.15, 0.2) is 0 Å². The van der Waals surface area contributed by atoms with Crippen molar-refractivity contribution in [3.05, 3.63) is 34.3 Å². The van der Waals surface area contributed by atoms with E-state index in [2.05, 4.69) is 41.9 Å². The van der Waals surface area contributed by atoms with Gasteiger partial charge >= 0.3 is 0 Å². The summed E-state index contributed by atoms with van der Waals surface area (Å²) in [5.74, 6) is 0.492. The number of nitrogens with two attached hydrogens (primary N) is 1. The number of benzene rings is 1. The third-order valence-corrected chi connectivity index (χ3v) is 2.50. The van der Waals surface area contributed by atoms with Crippen molar-refractivity contribution in [3.8, 4) is 0 Å². The molecule has 0 aromatic heterocycles. The van der Waals surface area contributed by atoms with Crippen molar-refractivity contribution < 1.29 is 0 Å². The summed E-state index contributed by atoms with van der Waals surface area (Å²) >= 11 is 3.39. The predicted octanol–water partition coefficient (Wildman–Crippen LogP) is 3.53. The van der Waals surface area contributed by atoms with Crippen molar-refractivity contribution in [2.24, 2.45) is 11.7 Å². The molecule has 1 rings (SSSR count). The van der Waals surface area contributed by atoms with Gasteiger partial charge in [0.2, 0.25) is 0 Å². The molecule has 0 heterocycles. The lowest BCUT2D eigenvalue weighted by molar-refractivity contribution is 0.514. The maximum atomic E-state index is 5.97. The van der Waals surface area contributed by atoms with Crippen LogP contribution < -0.4 is 5.73 Å². The van der Waals surface area contributed by atoms with Crippen LogP contribution >= 0.6 is 28.3 Å². The summed E-state index contributed by atoms with van der Waals surface area (Å²) in [5, 5.41) is 0. The topological polar surface area (TPSA) is 26.0 Å². The van der Waals surface area contributed by atoms with Gasteiger partial charge in [0.05, 0.1) is 0 Å². The minimum Gasteiger partial charge on any atom is -0.324 e. The highest BCUT2D eigenvalue weighted by Crippen LogP contribution is 2.20. The highest BCUT2D eigenvalue weighted by Gasteiger charge is 2.08. The fourth-order valence-corrected chi connectivity index (χ4v) is 1.33. The summed E-state index contributed by atoms with van der Waals surface area (Å²) in [6.07, 6.45) is 0. The lowest BCUT2D eigenvalue weighted by atomic mass is 9.97. The maximum absolute atomic E-state index is 5.97. The molecule has 1 unspecified atom stereocenters. The lowest BCUT2D eigenvalue weighted by Crippen LogP contribution is -2.16. The van der Waals surface area contributed by atoms with Gasteiger partial charge in [0.1, 0.15) is 0 Å². The SMILES string of the molecule is CC(C)C(N)c1ccc(Br)cc1.Cl. The van der Waals surface area contributed by atoms with E-state index in [0.29, 0.717) is 5.92 Å². The largest absolute Gasteiger partial charge is 0.324 e. The molecule has 13 heavy (non-hydrogen) atoms. The minimum absolute atomic E-state index is 0. The van der Waals surface area contributed by atoms with E-state index in [9.17, 15) is 0 Å². The van der Waals surface area contributed by atoms with Gasteiger partial charge in [-0.2, -0.15) is 0 Å². The van der Waals surface area contributed by atoms with Gasteiger partial charge in [-0.3, -0.25) is 0 Å². The van der Waals surface area contributed by atoms with Gasteiger partial charge in [-0.15, -0.1) is 12.4 Å². The highest BCUT2D eigenvalue weighted by atomic mass is 79.9. The Balaban J connectivity index is 0.00000144. The summed E-state index contributed by atoms with van der Waals surface area (Å²) in [5.41, 5.74) is 7.17. The van der Waals surface area contributed by atoms with Crippen LogP contribution in [0.15, 0.2) is 28.7 Å². The van der Waals surface area contributed by atoms with Gasteiger partial charge in [0, 0.05) is 10.5 Å². The Bertz CT molecular complexity index is 246. The van der Waals surface area contributed by atoms with Gasteiger partial charge in [-0.1, -0.05) is 41.9 Å². The first-order valence-corrected chi connectivity index (χ1v) is 4.91. The molecular weight excluding hydrogens is 249 g/mol. The standard InChI is InChI=1S/C10H14BrN.ClH/c1-7(2)10(12)8-3-5-9(11)6-4-8;/h3-7,10H,12H2,1-2H3;1H. The number of hydrogen-bond acceptors (Lipinski definition) is 1. The fourth-order valence-electron chi connectivity index (χ4n) is 1.07. The molecule has 0 bridgehead atoms. The van der Waals surface area contributed by atoms with Crippen molar-refractivity contribution >= 4 is 28.3 Å². The first-order valence-electron chi connectivity index (χ1n) is 4.12. The molecule has 3 heteroatoms. The van der Waals surface area contributed by atoms with E-state index in [1.165, 1.54) is 5.56 Å². The van der Waals surface area contributed by atoms with Crippen LogP contribution in [-0.4, -0.2) is 0 Å². The fraction of sp³-hybridized carbons (Fsp3) is 0.400. The zero-order valence-corrected chi connectivity index (χ0v) is 10.2. The quantitative estimate of drug-likeness (QED) is 0.869. The zero-order valence-electron chi connectivity index (χ0n) is 7.83. The second-order valence-electron chi connectivity index (χ2n) is 3.32. The number of rotatable bonds is 2. The van der Waals surface area contributed by atoms with Gasteiger partial charge < -0.3 is 5.73 Å². The molecule has 0 saturated carbocycles. The summed E-state index contributed by atoms with van der Waals surface area (Å²) < 4.78 is 1.10. The molecule has 0 aliphatic heterocycles. The molecule has 0 aliphatic rings. The van der Waals surface area contributed by atoms with Crippen molar-refractivity contribution in [3.63, 3.8) is 0 Å². The van der Waals surface area contributed by atoms with E-state index in [4.69, 9.17) is 5.73 Å². The van der Waals surface area contributed by atoms with E-state index in [0.717, 1.165) is 4.47 Å². The van der Waals surface area contributed by atoms with Crippen molar-refractivity contribution in [2.75, 3.05) is 0 Å². The average Bonchev–Trinajstić information content (AvgIpc) is 2.04. The summed E-state index contributed by atoms with van der Waals surface area (Å²) in [4.78, 5) is 0. The van der Waals surface area contributed by atoms with Crippen LogP contribution in [0.3, 0.4) is 0 Å². The predicted molar refractivity (Wildman–Crippen MR) is 63.2 cm³/mol. The third kappa shape index (κ3) is 3.67. The lowest BCUT2D eigenvalue weighted by Gasteiger charge is -2.15. The Morgan fingerprint density at radius 1 is 1.15 bits per heavy atom. The number of halogens is 2. The molecule has 0 saturated heterocycles. The van der Waals surface area contributed by atoms with E-state index < -0.39 is 0 Å². The Labute approximate surface area is 94.3 Å². The smallest absolute Gasteiger partial charge is 0.0318 e. The van der Waals surface area contributed by atoms with E-state index in [1.807, 2.05) is 12.1 Å². The summed E-state index contributed by atoms with van der Waals surface area (Å²) in [7, 11) is 0. The third-order valence-electron chi connectivity index (χ3n) is 1.97. The normalized spacial score (nSPS) is 12.4. The monoisotopic (exact) mass is 263 g/mol. The second kappa shape index (κ2) is 5.63. The molecule has 0 radical (unpaired) electrons. The molecule has 2 N–H and O–H groups in total. The molecule has 1 atom stereocenters. The Hall–Kier alpha value is -0.0500. The summed E-state index contributed by atoms with van der Waals surface area (Å²) in [6, 6.07) is 8.33. The van der Waals surface area contributed by atoms with Crippen LogP contribution in [0.5, 0.6) is 0 Å². The summed E-state index contributed by atoms with van der Waals surface area (Å²) in [6.45, 7) is 4.26. The van der Waals surface area contributed by atoms with Crippen molar-refractivity contribution in [2.45, 2.75) is 19.9 Å².